The lowest BCUT2D eigenvalue weighted by atomic mass is 10.1. The van der Waals surface area contributed by atoms with Crippen LogP contribution in [0, 0.1) is 5.41 Å². The number of hydrogen-bond donors (Lipinski definition) is 2. The molecule has 0 aliphatic heterocycles. The van der Waals surface area contributed by atoms with E-state index in [1.165, 1.54) is 6.42 Å². The van der Waals surface area contributed by atoms with E-state index < -0.39 is 0 Å². The first-order valence-corrected chi connectivity index (χ1v) is 6.84. The summed E-state index contributed by atoms with van der Waals surface area (Å²) >= 11 is 5.14. The number of rotatable bonds is 3. The van der Waals surface area contributed by atoms with Crippen LogP contribution in [0.4, 0.5) is 5.69 Å². The minimum Gasteiger partial charge on any atom is -0.389 e. The van der Waals surface area contributed by atoms with Crippen LogP contribution >= 0.6 is 12.2 Å². The van der Waals surface area contributed by atoms with Crippen molar-refractivity contribution in [3.63, 3.8) is 0 Å². The van der Waals surface area contributed by atoms with Gasteiger partial charge in [0.25, 0.3) is 0 Å². The molecule has 1 aromatic heterocycles. The first kappa shape index (κ1) is 12.4. The molecule has 0 amide bonds. The number of aromatic nitrogens is 1. The monoisotopic (exact) mass is 271 g/mol. The third-order valence-corrected chi connectivity index (χ3v) is 4.09. The number of nitrogens with one attached hydrogen (secondary N) is 1. The van der Waals surface area contributed by atoms with Crippen LogP contribution in [0.15, 0.2) is 30.5 Å². The molecule has 0 bridgehead atoms. The first-order chi connectivity index (χ1) is 8.99. The van der Waals surface area contributed by atoms with Gasteiger partial charge in [-0.2, -0.15) is 0 Å². The Hall–Kier alpha value is -1.68. The Balaban J connectivity index is 2.12. The van der Waals surface area contributed by atoms with Gasteiger partial charge in [-0.25, -0.2) is 0 Å². The fourth-order valence-corrected chi connectivity index (χ4v) is 2.53. The fraction of sp³-hybridized carbons (Fsp3) is 0.333. The summed E-state index contributed by atoms with van der Waals surface area (Å²) in [5, 5.41) is 4.67. The van der Waals surface area contributed by atoms with Gasteiger partial charge in [0, 0.05) is 17.6 Å². The lowest BCUT2D eigenvalue weighted by molar-refractivity contribution is 0.631. The van der Waals surface area contributed by atoms with E-state index in [9.17, 15) is 0 Å². The molecule has 1 aliphatic rings. The Morgan fingerprint density at radius 1 is 1.42 bits per heavy atom. The minimum absolute atomic E-state index is 0.345. The van der Waals surface area contributed by atoms with Crippen LogP contribution in [0.25, 0.3) is 10.9 Å². The lowest BCUT2D eigenvalue weighted by Crippen LogP contribution is -2.17. The summed E-state index contributed by atoms with van der Waals surface area (Å²) in [4.78, 5) is 4.81. The normalized spacial score (nSPS) is 20.2. The highest BCUT2D eigenvalue weighted by atomic mass is 32.1. The fourth-order valence-electron chi connectivity index (χ4n) is 2.37. The van der Waals surface area contributed by atoms with E-state index in [-0.39, 0.29) is 0 Å². The van der Waals surface area contributed by atoms with Crippen molar-refractivity contribution in [1.29, 1.82) is 0 Å². The van der Waals surface area contributed by atoms with E-state index in [0.717, 1.165) is 22.2 Å². The smallest absolute Gasteiger partial charge is 0.107 e. The second kappa shape index (κ2) is 4.17. The molecule has 1 saturated carbocycles. The van der Waals surface area contributed by atoms with E-state index in [1.807, 2.05) is 18.2 Å². The third kappa shape index (κ3) is 2.16. The quantitative estimate of drug-likeness (QED) is 0.842. The summed E-state index contributed by atoms with van der Waals surface area (Å²) in [6, 6.07) is 8.53. The molecule has 19 heavy (non-hydrogen) atoms. The third-order valence-electron chi connectivity index (χ3n) is 3.87. The molecule has 0 saturated heterocycles. The average Bonchev–Trinajstić information content (AvgIpc) is 2.96. The van der Waals surface area contributed by atoms with Crippen LogP contribution in [0.2, 0.25) is 0 Å². The number of fused-ring (bicyclic) bond motifs is 1. The highest BCUT2D eigenvalue weighted by Gasteiger charge is 2.46. The summed E-state index contributed by atoms with van der Waals surface area (Å²) in [7, 11) is 0. The van der Waals surface area contributed by atoms with Crippen LogP contribution in [-0.2, 0) is 0 Å². The van der Waals surface area contributed by atoms with Crippen molar-refractivity contribution in [3.8, 4) is 0 Å². The molecule has 0 spiro atoms. The van der Waals surface area contributed by atoms with E-state index in [0.29, 0.717) is 16.4 Å². The molecule has 1 atom stereocenters. The number of para-hydroxylation sites is 1. The highest BCUT2D eigenvalue weighted by molar-refractivity contribution is 7.80. The molecular formula is C15H17N3S. The maximum absolute atomic E-state index is 5.82. The van der Waals surface area contributed by atoms with Crippen molar-refractivity contribution < 1.29 is 0 Å². The highest BCUT2D eigenvalue weighted by Crippen LogP contribution is 2.47. The van der Waals surface area contributed by atoms with Gasteiger partial charge in [0.05, 0.1) is 16.8 Å². The van der Waals surface area contributed by atoms with Crippen LogP contribution in [-0.4, -0.2) is 16.0 Å². The van der Waals surface area contributed by atoms with Gasteiger partial charge in [-0.3, -0.25) is 4.98 Å². The van der Waals surface area contributed by atoms with Gasteiger partial charge in [-0.1, -0.05) is 44.3 Å². The molecule has 1 fully saturated rings. The van der Waals surface area contributed by atoms with Crippen molar-refractivity contribution in [2.75, 3.05) is 5.32 Å². The van der Waals surface area contributed by atoms with Gasteiger partial charge in [-0.15, -0.1) is 0 Å². The predicted octanol–water partition coefficient (Wildman–Crippen LogP) is 3.08. The number of thiocarbonyl (C=S) groups is 1. The summed E-state index contributed by atoms with van der Waals surface area (Å²) < 4.78 is 0. The standard InChI is InChI=1S/C15H17N3S/c1-15(2)7-12(15)18-13-9-5-3-4-6-11(9)17-8-10(13)14(16)19/h3-6,8,12H,7H2,1-2H3,(H2,16,19)(H,17,18). The van der Waals surface area contributed by atoms with Crippen molar-refractivity contribution >= 4 is 33.8 Å². The zero-order valence-corrected chi connectivity index (χ0v) is 11.9. The second-order valence-electron chi connectivity index (χ2n) is 5.82. The average molecular weight is 271 g/mol. The molecule has 3 nitrogen and oxygen atoms in total. The zero-order chi connectivity index (χ0) is 13.6. The molecule has 2 aromatic rings. The summed E-state index contributed by atoms with van der Waals surface area (Å²) in [6.07, 6.45) is 2.93. The predicted molar refractivity (Wildman–Crippen MR) is 83.4 cm³/mol. The molecular weight excluding hydrogens is 254 g/mol. The van der Waals surface area contributed by atoms with Crippen LogP contribution in [0.1, 0.15) is 25.8 Å². The van der Waals surface area contributed by atoms with Gasteiger partial charge >= 0.3 is 0 Å². The van der Waals surface area contributed by atoms with Crippen LogP contribution in [0.5, 0.6) is 0 Å². The van der Waals surface area contributed by atoms with Gasteiger partial charge in [0.2, 0.25) is 0 Å². The first-order valence-electron chi connectivity index (χ1n) is 6.43. The van der Waals surface area contributed by atoms with E-state index in [4.69, 9.17) is 18.0 Å². The number of pyridine rings is 1. The maximum atomic E-state index is 5.82. The Bertz CT molecular complexity index is 663. The number of hydrogen-bond acceptors (Lipinski definition) is 3. The Morgan fingerprint density at radius 3 is 2.74 bits per heavy atom. The largest absolute Gasteiger partial charge is 0.389 e. The van der Waals surface area contributed by atoms with Gasteiger partial charge in [0.1, 0.15) is 4.99 Å². The van der Waals surface area contributed by atoms with Gasteiger partial charge in [0.15, 0.2) is 0 Å². The van der Waals surface area contributed by atoms with Crippen molar-refractivity contribution in [2.45, 2.75) is 26.3 Å². The molecule has 1 unspecified atom stereocenters. The topological polar surface area (TPSA) is 50.9 Å². The summed E-state index contributed by atoms with van der Waals surface area (Å²) in [5.41, 5.74) is 8.98. The van der Waals surface area contributed by atoms with E-state index >= 15 is 0 Å². The molecule has 0 radical (unpaired) electrons. The number of anilines is 1. The van der Waals surface area contributed by atoms with Gasteiger partial charge in [-0.05, 0) is 17.9 Å². The van der Waals surface area contributed by atoms with E-state index in [2.05, 4.69) is 30.2 Å². The van der Waals surface area contributed by atoms with Crippen LogP contribution < -0.4 is 11.1 Å². The van der Waals surface area contributed by atoms with Crippen LogP contribution in [0.3, 0.4) is 0 Å². The number of nitrogens with zero attached hydrogens (tertiary/aromatic N) is 1. The molecule has 1 aliphatic carbocycles. The Kier molecular flexibility index (Phi) is 2.71. The Morgan fingerprint density at radius 2 is 2.11 bits per heavy atom. The zero-order valence-electron chi connectivity index (χ0n) is 11.1. The van der Waals surface area contributed by atoms with Crippen molar-refractivity contribution in [3.05, 3.63) is 36.0 Å². The molecule has 3 rings (SSSR count). The molecule has 3 N–H and O–H groups in total. The second-order valence-corrected chi connectivity index (χ2v) is 6.26. The minimum atomic E-state index is 0.345. The lowest BCUT2D eigenvalue weighted by Gasteiger charge is -2.15. The summed E-state index contributed by atoms with van der Waals surface area (Å²) in [5.74, 6) is 0. The molecule has 1 heterocycles. The number of nitrogens with two attached hydrogens (primary N) is 1. The van der Waals surface area contributed by atoms with E-state index in [1.54, 1.807) is 6.20 Å². The van der Waals surface area contributed by atoms with Crippen molar-refractivity contribution in [2.24, 2.45) is 11.1 Å². The summed E-state index contributed by atoms with van der Waals surface area (Å²) in [6.45, 7) is 4.52. The number of benzene rings is 1. The molecule has 98 valence electrons. The molecule has 1 aromatic carbocycles. The SMILES string of the molecule is CC1(C)CC1Nc1c(C(N)=S)cnc2ccccc12. The van der Waals surface area contributed by atoms with Crippen molar-refractivity contribution in [1.82, 2.24) is 4.98 Å². The Labute approximate surface area is 118 Å². The van der Waals surface area contributed by atoms with Gasteiger partial charge < -0.3 is 11.1 Å². The molecule has 4 heteroatoms. The maximum Gasteiger partial charge on any atom is 0.107 e.